The number of hydrogen-bond donors (Lipinski definition) is 0. The number of ketones is 1. The zero-order chi connectivity index (χ0) is 15.2. The van der Waals surface area contributed by atoms with Crippen LogP contribution < -0.4 is 9.47 Å². The van der Waals surface area contributed by atoms with Crippen LogP contribution in [0.1, 0.15) is 22.8 Å². The van der Waals surface area contributed by atoms with Crippen molar-refractivity contribution in [1.82, 2.24) is 0 Å². The summed E-state index contributed by atoms with van der Waals surface area (Å²) in [6, 6.07) is 12.8. The fourth-order valence-corrected chi connectivity index (χ4v) is 2.20. The molecule has 21 heavy (non-hydrogen) atoms. The van der Waals surface area contributed by atoms with Crippen molar-refractivity contribution in [1.29, 1.82) is 0 Å². The topological polar surface area (TPSA) is 35.5 Å². The summed E-state index contributed by atoms with van der Waals surface area (Å²) in [6.07, 6.45) is 0. The molecule has 0 unspecified atom stereocenters. The minimum absolute atomic E-state index is 0.0191. The first-order valence-corrected chi connectivity index (χ1v) is 7.54. The second kappa shape index (κ2) is 7.27. The van der Waals surface area contributed by atoms with E-state index in [1.54, 1.807) is 24.3 Å². The van der Waals surface area contributed by atoms with E-state index < -0.39 is 0 Å². The van der Waals surface area contributed by atoms with Crippen LogP contribution in [-0.4, -0.2) is 19.0 Å². The third-order valence-electron chi connectivity index (χ3n) is 3.00. The lowest BCUT2D eigenvalue weighted by Gasteiger charge is -2.09. The molecule has 0 aromatic heterocycles. The molecule has 3 nitrogen and oxygen atoms in total. The number of carbonyl (C=O) groups excluding carboxylic acids is 1. The normalized spacial score (nSPS) is 10.2. The van der Waals surface area contributed by atoms with E-state index in [-0.39, 0.29) is 12.4 Å². The van der Waals surface area contributed by atoms with Crippen molar-refractivity contribution in [3.05, 3.63) is 58.1 Å². The number of carbonyl (C=O) groups is 1. The standard InChI is InChI=1S/C17H17BrO3/c1-3-20-15-8-5-13(6-9-15)16(19)11-21-17-10-14(18)7-4-12(17)2/h4-10H,3,11H2,1-2H3. The lowest BCUT2D eigenvalue weighted by Crippen LogP contribution is -2.12. The van der Waals surface area contributed by atoms with E-state index in [2.05, 4.69) is 15.9 Å². The second-order valence-corrected chi connectivity index (χ2v) is 5.49. The van der Waals surface area contributed by atoms with Crippen molar-refractivity contribution in [2.24, 2.45) is 0 Å². The summed E-state index contributed by atoms with van der Waals surface area (Å²) in [5.74, 6) is 1.42. The van der Waals surface area contributed by atoms with Crippen LogP contribution in [0.15, 0.2) is 46.9 Å². The van der Waals surface area contributed by atoms with Crippen LogP contribution >= 0.6 is 15.9 Å². The van der Waals surface area contributed by atoms with Crippen LogP contribution in [0.25, 0.3) is 0 Å². The van der Waals surface area contributed by atoms with Crippen LogP contribution in [0, 0.1) is 6.92 Å². The van der Waals surface area contributed by atoms with Gasteiger partial charge in [-0.3, -0.25) is 4.79 Å². The Kier molecular flexibility index (Phi) is 5.39. The Morgan fingerprint density at radius 2 is 1.81 bits per heavy atom. The lowest BCUT2D eigenvalue weighted by molar-refractivity contribution is 0.0921. The highest BCUT2D eigenvalue weighted by Crippen LogP contribution is 2.23. The van der Waals surface area contributed by atoms with Gasteiger partial charge in [-0.25, -0.2) is 0 Å². The molecule has 2 aromatic carbocycles. The van der Waals surface area contributed by atoms with Crippen LogP contribution in [0.3, 0.4) is 0 Å². The predicted molar refractivity (Wildman–Crippen MR) is 86.3 cm³/mol. The van der Waals surface area contributed by atoms with E-state index in [1.165, 1.54) is 0 Å². The van der Waals surface area contributed by atoms with Gasteiger partial charge in [-0.2, -0.15) is 0 Å². The molecule has 0 saturated carbocycles. The molecule has 0 heterocycles. The number of rotatable bonds is 6. The molecule has 2 aromatic rings. The molecule has 0 amide bonds. The van der Waals surface area contributed by atoms with Gasteiger partial charge in [0.2, 0.25) is 0 Å². The van der Waals surface area contributed by atoms with Gasteiger partial charge in [0.05, 0.1) is 6.61 Å². The minimum Gasteiger partial charge on any atom is -0.494 e. The van der Waals surface area contributed by atoms with E-state index in [9.17, 15) is 4.79 Å². The summed E-state index contributed by atoms with van der Waals surface area (Å²) < 4.78 is 11.9. The van der Waals surface area contributed by atoms with Gasteiger partial charge in [-0.15, -0.1) is 0 Å². The van der Waals surface area contributed by atoms with E-state index in [4.69, 9.17) is 9.47 Å². The molecule has 0 aliphatic carbocycles. The molecule has 0 bridgehead atoms. The molecule has 0 atom stereocenters. The summed E-state index contributed by atoms with van der Waals surface area (Å²) >= 11 is 3.39. The van der Waals surface area contributed by atoms with Crippen LogP contribution in [0.2, 0.25) is 0 Å². The molecule has 2 rings (SSSR count). The highest BCUT2D eigenvalue weighted by molar-refractivity contribution is 9.10. The predicted octanol–water partition coefficient (Wildman–Crippen LogP) is 4.42. The van der Waals surface area contributed by atoms with Gasteiger partial charge in [0.15, 0.2) is 12.4 Å². The van der Waals surface area contributed by atoms with Gasteiger partial charge in [-0.1, -0.05) is 22.0 Å². The second-order valence-electron chi connectivity index (χ2n) is 4.58. The largest absolute Gasteiger partial charge is 0.494 e. The summed E-state index contributed by atoms with van der Waals surface area (Å²) in [7, 11) is 0. The molecular weight excluding hydrogens is 332 g/mol. The van der Waals surface area contributed by atoms with Crippen molar-refractivity contribution in [3.8, 4) is 11.5 Å². The Labute approximate surface area is 133 Å². The molecule has 0 saturated heterocycles. The lowest BCUT2D eigenvalue weighted by atomic mass is 10.1. The third-order valence-corrected chi connectivity index (χ3v) is 3.49. The Morgan fingerprint density at radius 3 is 2.48 bits per heavy atom. The van der Waals surface area contributed by atoms with Gasteiger partial charge in [0, 0.05) is 10.0 Å². The molecule has 0 aliphatic rings. The number of aryl methyl sites for hydroxylation is 1. The maximum Gasteiger partial charge on any atom is 0.200 e. The Bertz CT molecular complexity index is 620. The number of benzene rings is 2. The summed E-state index contributed by atoms with van der Waals surface area (Å²) in [5.41, 5.74) is 1.61. The fourth-order valence-electron chi connectivity index (χ4n) is 1.86. The molecule has 0 aliphatic heterocycles. The van der Waals surface area contributed by atoms with Gasteiger partial charge in [0.1, 0.15) is 11.5 Å². The van der Waals surface area contributed by atoms with Crippen LogP contribution in [0.5, 0.6) is 11.5 Å². The summed E-state index contributed by atoms with van der Waals surface area (Å²) in [5, 5.41) is 0. The fraction of sp³-hybridized carbons (Fsp3) is 0.235. The van der Waals surface area contributed by atoms with E-state index in [0.29, 0.717) is 17.9 Å². The quantitative estimate of drug-likeness (QED) is 0.725. The van der Waals surface area contributed by atoms with Crippen LogP contribution in [0.4, 0.5) is 0 Å². The summed E-state index contributed by atoms with van der Waals surface area (Å²) in [4.78, 5) is 12.1. The first-order valence-electron chi connectivity index (χ1n) is 6.75. The van der Waals surface area contributed by atoms with Crippen molar-refractivity contribution in [3.63, 3.8) is 0 Å². The molecule has 110 valence electrons. The Balaban J connectivity index is 1.99. The van der Waals surface area contributed by atoms with Crippen molar-refractivity contribution in [2.75, 3.05) is 13.2 Å². The molecule has 0 N–H and O–H groups in total. The Morgan fingerprint density at radius 1 is 1.10 bits per heavy atom. The average molecular weight is 349 g/mol. The average Bonchev–Trinajstić information content (AvgIpc) is 2.49. The first kappa shape index (κ1) is 15.6. The minimum atomic E-state index is -0.0579. The maximum absolute atomic E-state index is 12.1. The van der Waals surface area contributed by atoms with Crippen molar-refractivity contribution >= 4 is 21.7 Å². The highest BCUT2D eigenvalue weighted by Gasteiger charge is 2.08. The number of halogens is 1. The Hall–Kier alpha value is -1.81. The van der Waals surface area contributed by atoms with Gasteiger partial charge < -0.3 is 9.47 Å². The SMILES string of the molecule is CCOc1ccc(C(=O)COc2cc(Br)ccc2C)cc1. The monoisotopic (exact) mass is 348 g/mol. The molecule has 0 spiro atoms. The molecule has 4 heteroatoms. The van der Waals surface area contributed by atoms with Gasteiger partial charge in [0.25, 0.3) is 0 Å². The summed E-state index contributed by atoms with van der Waals surface area (Å²) in [6.45, 7) is 4.50. The van der Waals surface area contributed by atoms with Crippen molar-refractivity contribution < 1.29 is 14.3 Å². The van der Waals surface area contributed by atoms with E-state index in [0.717, 1.165) is 15.8 Å². The third kappa shape index (κ3) is 4.33. The van der Waals surface area contributed by atoms with Gasteiger partial charge in [-0.05, 0) is 55.8 Å². The highest BCUT2D eigenvalue weighted by atomic mass is 79.9. The molecule has 0 radical (unpaired) electrons. The zero-order valence-electron chi connectivity index (χ0n) is 12.1. The zero-order valence-corrected chi connectivity index (χ0v) is 13.6. The number of hydrogen-bond acceptors (Lipinski definition) is 3. The first-order chi connectivity index (χ1) is 10.1. The molecular formula is C17H17BrO3. The van der Waals surface area contributed by atoms with E-state index >= 15 is 0 Å². The number of Topliss-reactive ketones (excluding diaryl/α,β-unsaturated/α-hetero) is 1. The van der Waals surface area contributed by atoms with Gasteiger partial charge >= 0.3 is 0 Å². The molecule has 0 fully saturated rings. The number of ether oxygens (including phenoxy) is 2. The maximum atomic E-state index is 12.1. The van der Waals surface area contributed by atoms with E-state index in [1.807, 2.05) is 32.0 Å². The van der Waals surface area contributed by atoms with Crippen LogP contribution in [-0.2, 0) is 0 Å². The van der Waals surface area contributed by atoms with Crippen molar-refractivity contribution in [2.45, 2.75) is 13.8 Å². The smallest absolute Gasteiger partial charge is 0.200 e.